The van der Waals surface area contributed by atoms with Crippen molar-refractivity contribution in [3.63, 3.8) is 0 Å². The summed E-state index contributed by atoms with van der Waals surface area (Å²) in [5.74, 6) is -0.300. The molecule has 2 heterocycles. The molecule has 3 aromatic rings. The Morgan fingerprint density at radius 2 is 1.74 bits per heavy atom. The van der Waals surface area contributed by atoms with Gasteiger partial charge in [0.25, 0.3) is 5.56 Å². The van der Waals surface area contributed by atoms with E-state index in [4.69, 9.17) is 14.2 Å². The Morgan fingerprint density at radius 3 is 2.34 bits per heavy atom. The molecule has 1 atom stereocenters. The number of fused-ring (bicyclic) bond motifs is 1. The lowest BCUT2D eigenvalue weighted by Crippen LogP contribution is -2.39. The number of rotatable bonds is 6. The lowest BCUT2D eigenvalue weighted by molar-refractivity contribution is -0.139. The average molecular weight is 493 g/mol. The van der Waals surface area contributed by atoms with Crippen molar-refractivity contribution < 1.29 is 23.8 Å². The zero-order valence-electron chi connectivity index (χ0n) is 19.7. The van der Waals surface area contributed by atoms with Crippen molar-refractivity contribution in [3.05, 3.63) is 96.2 Å². The molecule has 0 bridgehead atoms. The summed E-state index contributed by atoms with van der Waals surface area (Å²) < 4.78 is 17.3. The number of hydrogen-bond donors (Lipinski definition) is 0. The molecule has 0 radical (unpaired) electrons. The highest BCUT2D eigenvalue weighted by molar-refractivity contribution is 7.07. The van der Waals surface area contributed by atoms with Gasteiger partial charge in [-0.25, -0.2) is 14.6 Å². The van der Waals surface area contributed by atoms with E-state index in [1.54, 1.807) is 51.3 Å². The van der Waals surface area contributed by atoms with Crippen molar-refractivity contribution in [1.82, 2.24) is 4.57 Å². The van der Waals surface area contributed by atoms with E-state index in [1.165, 1.54) is 23.0 Å². The number of aromatic nitrogens is 1. The summed E-state index contributed by atoms with van der Waals surface area (Å²) in [6, 6.07) is 13.2. The van der Waals surface area contributed by atoms with Gasteiger partial charge in [-0.15, -0.1) is 0 Å². The van der Waals surface area contributed by atoms with Crippen LogP contribution < -0.4 is 19.6 Å². The molecule has 0 aliphatic carbocycles. The topological polar surface area (TPSA) is 96.2 Å². The lowest BCUT2D eigenvalue weighted by atomic mass is 9.95. The van der Waals surface area contributed by atoms with E-state index in [0.717, 1.165) is 5.56 Å². The third kappa shape index (κ3) is 4.67. The minimum Gasteiger partial charge on any atom is -0.497 e. The van der Waals surface area contributed by atoms with Gasteiger partial charge in [0.05, 0.1) is 48.2 Å². The largest absolute Gasteiger partial charge is 0.497 e. The van der Waals surface area contributed by atoms with Gasteiger partial charge in [0, 0.05) is 0 Å². The van der Waals surface area contributed by atoms with E-state index in [2.05, 4.69) is 4.99 Å². The summed E-state index contributed by atoms with van der Waals surface area (Å²) in [6.07, 6.45) is 1.78. The molecule has 1 aliphatic heterocycles. The number of ether oxygens (including phenoxy) is 3. The van der Waals surface area contributed by atoms with Crippen molar-refractivity contribution in [1.29, 1.82) is 0 Å². The zero-order valence-corrected chi connectivity index (χ0v) is 20.5. The number of nitrogens with zero attached hydrogens (tertiary/aromatic N) is 2. The standard InChI is InChI=1S/C26H24N2O6S/c1-5-34-25(31)21-15(2)27-26-28(22(21)17-8-10-18(11-9-17)24(30)33-4)23(29)20(35-26)14-16-6-12-19(32-3)13-7-16/h6-14,22H,5H2,1-4H3. The number of carbonyl (C=O) groups is 2. The summed E-state index contributed by atoms with van der Waals surface area (Å²) in [7, 11) is 2.90. The molecule has 0 fully saturated rings. The molecule has 0 amide bonds. The molecule has 1 aliphatic rings. The van der Waals surface area contributed by atoms with Crippen LogP contribution in [-0.4, -0.2) is 37.3 Å². The van der Waals surface area contributed by atoms with Gasteiger partial charge in [-0.3, -0.25) is 9.36 Å². The zero-order chi connectivity index (χ0) is 25.1. The van der Waals surface area contributed by atoms with Gasteiger partial charge in [0.15, 0.2) is 4.80 Å². The summed E-state index contributed by atoms with van der Waals surface area (Å²) in [5.41, 5.74) is 2.31. The van der Waals surface area contributed by atoms with E-state index in [-0.39, 0.29) is 17.7 Å². The summed E-state index contributed by atoms with van der Waals surface area (Å²) in [4.78, 5) is 43.5. The predicted octanol–water partition coefficient (Wildman–Crippen LogP) is 2.59. The number of allylic oxidation sites excluding steroid dienone is 1. The van der Waals surface area contributed by atoms with Crippen molar-refractivity contribution >= 4 is 29.4 Å². The Balaban J connectivity index is 1.89. The van der Waals surface area contributed by atoms with E-state index in [1.807, 2.05) is 24.3 Å². The smallest absolute Gasteiger partial charge is 0.338 e. The number of methoxy groups -OCH3 is 2. The highest BCUT2D eigenvalue weighted by atomic mass is 32.1. The van der Waals surface area contributed by atoms with E-state index in [9.17, 15) is 14.4 Å². The van der Waals surface area contributed by atoms with Gasteiger partial charge in [-0.2, -0.15) is 0 Å². The van der Waals surface area contributed by atoms with Crippen molar-refractivity contribution in [2.24, 2.45) is 4.99 Å². The molecular weight excluding hydrogens is 468 g/mol. The first-order valence-electron chi connectivity index (χ1n) is 10.9. The van der Waals surface area contributed by atoms with E-state index >= 15 is 0 Å². The Kier molecular flexibility index (Phi) is 6.97. The van der Waals surface area contributed by atoms with Crippen LogP contribution in [0.1, 0.15) is 41.4 Å². The fourth-order valence-electron chi connectivity index (χ4n) is 3.88. The maximum absolute atomic E-state index is 13.6. The van der Waals surface area contributed by atoms with Gasteiger partial charge >= 0.3 is 11.9 Å². The van der Waals surface area contributed by atoms with Crippen LogP contribution in [0.5, 0.6) is 5.75 Å². The molecule has 0 N–H and O–H groups in total. The molecule has 2 aromatic carbocycles. The van der Waals surface area contributed by atoms with Crippen LogP contribution in [0.15, 0.2) is 69.6 Å². The monoisotopic (exact) mass is 492 g/mol. The third-order valence-corrected chi connectivity index (χ3v) is 6.56. The van der Waals surface area contributed by atoms with E-state index in [0.29, 0.717) is 31.9 Å². The van der Waals surface area contributed by atoms with Crippen LogP contribution in [0, 0.1) is 0 Å². The molecule has 0 spiro atoms. The van der Waals surface area contributed by atoms with Crippen LogP contribution in [0.25, 0.3) is 6.08 Å². The second-order valence-electron chi connectivity index (χ2n) is 7.69. The predicted molar refractivity (Wildman–Crippen MR) is 131 cm³/mol. The molecule has 1 aromatic heterocycles. The van der Waals surface area contributed by atoms with Crippen molar-refractivity contribution in [3.8, 4) is 5.75 Å². The first-order chi connectivity index (χ1) is 16.9. The normalized spacial score (nSPS) is 15.3. The summed E-state index contributed by atoms with van der Waals surface area (Å²) in [5, 5.41) is 0. The minimum atomic E-state index is -0.755. The minimum absolute atomic E-state index is 0.186. The Hall–Kier alpha value is -3.98. The molecule has 35 heavy (non-hydrogen) atoms. The first kappa shape index (κ1) is 24.2. The molecule has 8 nitrogen and oxygen atoms in total. The Morgan fingerprint density at radius 1 is 1.06 bits per heavy atom. The number of thiazole rings is 1. The second-order valence-corrected chi connectivity index (χ2v) is 8.70. The first-order valence-corrected chi connectivity index (χ1v) is 11.7. The highest BCUT2D eigenvalue weighted by Gasteiger charge is 2.33. The number of carbonyl (C=O) groups excluding carboxylic acids is 2. The van der Waals surface area contributed by atoms with Crippen LogP contribution in [0.2, 0.25) is 0 Å². The van der Waals surface area contributed by atoms with Crippen LogP contribution in [-0.2, 0) is 14.3 Å². The van der Waals surface area contributed by atoms with Crippen LogP contribution in [0.3, 0.4) is 0 Å². The quantitative estimate of drug-likeness (QED) is 0.491. The molecule has 4 rings (SSSR count). The fourth-order valence-corrected chi connectivity index (χ4v) is 4.92. The third-order valence-electron chi connectivity index (χ3n) is 5.58. The summed E-state index contributed by atoms with van der Waals surface area (Å²) in [6.45, 7) is 3.63. The molecule has 0 saturated carbocycles. The number of benzene rings is 2. The SMILES string of the molecule is CCOC(=O)C1=C(C)N=c2sc(=Cc3ccc(OC)cc3)c(=O)n2C1c1ccc(C(=O)OC)cc1. The maximum atomic E-state index is 13.6. The molecule has 1 unspecified atom stereocenters. The number of hydrogen-bond acceptors (Lipinski definition) is 8. The van der Waals surface area contributed by atoms with E-state index < -0.39 is 18.0 Å². The molecule has 180 valence electrons. The van der Waals surface area contributed by atoms with Gasteiger partial charge in [-0.1, -0.05) is 35.6 Å². The molecule has 9 heteroatoms. The molecular formula is C26H24N2O6S. The van der Waals surface area contributed by atoms with Gasteiger partial charge in [0.1, 0.15) is 5.75 Å². The highest BCUT2D eigenvalue weighted by Crippen LogP contribution is 2.31. The Bertz CT molecular complexity index is 1480. The second kappa shape index (κ2) is 10.1. The maximum Gasteiger partial charge on any atom is 0.338 e. The van der Waals surface area contributed by atoms with Crippen molar-refractivity contribution in [2.45, 2.75) is 19.9 Å². The lowest BCUT2D eigenvalue weighted by Gasteiger charge is -2.24. The van der Waals surface area contributed by atoms with Crippen molar-refractivity contribution in [2.75, 3.05) is 20.8 Å². The van der Waals surface area contributed by atoms with Gasteiger partial charge in [0.2, 0.25) is 0 Å². The molecule has 0 saturated heterocycles. The Labute approximate surface area is 205 Å². The average Bonchev–Trinajstić information content (AvgIpc) is 3.17. The van der Waals surface area contributed by atoms with Gasteiger partial charge < -0.3 is 14.2 Å². The van der Waals surface area contributed by atoms with Crippen LogP contribution >= 0.6 is 11.3 Å². The summed E-state index contributed by atoms with van der Waals surface area (Å²) >= 11 is 1.24. The van der Waals surface area contributed by atoms with Gasteiger partial charge in [-0.05, 0) is 55.3 Å². The van der Waals surface area contributed by atoms with Crippen LogP contribution in [0.4, 0.5) is 0 Å². The fraction of sp³-hybridized carbons (Fsp3) is 0.231. The number of esters is 2.